The molecule has 17 heavy (non-hydrogen) atoms. The molecule has 0 spiro atoms. The first-order valence-electron chi connectivity index (χ1n) is 6.06. The van der Waals surface area contributed by atoms with Gasteiger partial charge in [0.1, 0.15) is 0 Å². The van der Waals surface area contributed by atoms with E-state index in [1.165, 1.54) is 29.1 Å². The first-order chi connectivity index (χ1) is 8.38. The van der Waals surface area contributed by atoms with E-state index < -0.39 is 0 Å². The number of rotatable bonds is 2. The molecule has 1 saturated heterocycles. The van der Waals surface area contributed by atoms with Gasteiger partial charge in [-0.15, -0.1) is 0 Å². The summed E-state index contributed by atoms with van der Waals surface area (Å²) in [4.78, 5) is 7.23. The number of aromatic nitrogens is 1. The summed E-state index contributed by atoms with van der Waals surface area (Å²) in [7, 11) is 0. The number of nitrogens with zero attached hydrogens (tertiary/aromatic N) is 2. The number of halogens is 1. The van der Waals surface area contributed by atoms with Crippen molar-refractivity contribution in [3.63, 3.8) is 0 Å². The summed E-state index contributed by atoms with van der Waals surface area (Å²) in [5.41, 5.74) is 1.13. The number of hydrogen-bond donors (Lipinski definition) is 0. The molecular formula is C13H15BrN2S. The maximum Gasteiger partial charge on any atom is 0.186 e. The van der Waals surface area contributed by atoms with Crippen LogP contribution in [0.1, 0.15) is 19.3 Å². The second-order valence-corrected chi connectivity index (χ2v) is 6.12. The Morgan fingerprint density at radius 1 is 1.35 bits per heavy atom. The number of anilines is 1. The van der Waals surface area contributed by atoms with Crippen molar-refractivity contribution in [3.05, 3.63) is 24.3 Å². The molecule has 4 heteroatoms. The Morgan fingerprint density at radius 3 is 3.06 bits per heavy atom. The van der Waals surface area contributed by atoms with Crippen LogP contribution >= 0.6 is 27.3 Å². The molecule has 90 valence electrons. The van der Waals surface area contributed by atoms with E-state index in [9.17, 15) is 0 Å². The maximum atomic E-state index is 4.76. The average molecular weight is 311 g/mol. The minimum absolute atomic E-state index is 0.615. The largest absolute Gasteiger partial charge is 0.344 e. The lowest BCUT2D eigenvalue weighted by atomic mass is 10.0. The lowest BCUT2D eigenvalue weighted by Gasteiger charge is -2.34. The fraction of sp³-hybridized carbons (Fsp3) is 0.462. The van der Waals surface area contributed by atoms with E-state index in [4.69, 9.17) is 4.98 Å². The fourth-order valence-corrected chi connectivity index (χ4v) is 4.13. The highest BCUT2D eigenvalue weighted by Crippen LogP contribution is 2.32. The van der Waals surface area contributed by atoms with Crippen LogP contribution in [-0.4, -0.2) is 22.9 Å². The zero-order chi connectivity index (χ0) is 11.7. The SMILES string of the molecule is BrCC1CCCCN1c1nc2ccccc2s1. The predicted octanol–water partition coefficient (Wildman–Crippen LogP) is 4.05. The summed E-state index contributed by atoms with van der Waals surface area (Å²) in [5, 5.41) is 2.23. The van der Waals surface area contributed by atoms with E-state index in [-0.39, 0.29) is 0 Å². The third-order valence-electron chi connectivity index (χ3n) is 3.33. The van der Waals surface area contributed by atoms with Gasteiger partial charge < -0.3 is 4.90 Å². The molecular weight excluding hydrogens is 296 g/mol. The summed E-state index contributed by atoms with van der Waals surface area (Å²) in [5.74, 6) is 0. The molecule has 0 bridgehead atoms. The summed E-state index contributed by atoms with van der Waals surface area (Å²) in [6.07, 6.45) is 3.91. The highest BCUT2D eigenvalue weighted by Gasteiger charge is 2.23. The Morgan fingerprint density at radius 2 is 2.24 bits per heavy atom. The van der Waals surface area contributed by atoms with E-state index in [1.807, 2.05) is 11.3 Å². The standard InChI is InChI=1S/C13H15BrN2S/c14-9-10-5-3-4-8-16(10)13-15-11-6-1-2-7-12(11)17-13/h1-2,6-7,10H,3-5,8-9H2. The number of alkyl halides is 1. The quantitative estimate of drug-likeness (QED) is 0.778. The van der Waals surface area contributed by atoms with Gasteiger partial charge in [0.2, 0.25) is 0 Å². The van der Waals surface area contributed by atoms with E-state index in [0.717, 1.165) is 17.4 Å². The van der Waals surface area contributed by atoms with E-state index in [1.54, 1.807) is 0 Å². The van der Waals surface area contributed by atoms with Crippen LogP contribution in [0.3, 0.4) is 0 Å². The number of fused-ring (bicyclic) bond motifs is 1. The number of para-hydroxylation sites is 1. The molecule has 1 aromatic heterocycles. The topological polar surface area (TPSA) is 16.1 Å². The molecule has 0 saturated carbocycles. The zero-order valence-electron chi connectivity index (χ0n) is 9.60. The van der Waals surface area contributed by atoms with Crippen molar-refractivity contribution in [2.24, 2.45) is 0 Å². The Balaban J connectivity index is 1.96. The lowest BCUT2D eigenvalue weighted by molar-refractivity contribution is 0.491. The molecule has 1 aromatic carbocycles. The molecule has 2 aromatic rings. The Kier molecular flexibility index (Phi) is 3.34. The van der Waals surface area contributed by atoms with Crippen LogP contribution in [0.5, 0.6) is 0 Å². The van der Waals surface area contributed by atoms with E-state index >= 15 is 0 Å². The Labute approximate surface area is 114 Å². The average Bonchev–Trinajstić information content (AvgIpc) is 2.82. The summed E-state index contributed by atoms with van der Waals surface area (Å²) in [6.45, 7) is 1.15. The van der Waals surface area contributed by atoms with E-state index in [2.05, 4.69) is 45.1 Å². The van der Waals surface area contributed by atoms with Gasteiger partial charge in [-0.1, -0.05) is 39.4 Å². The van der Waals surface area contributed by atoms with Crippen LogP contribution in [-0.2, 0) is 0 Å². The first-order valence-corrected chi connectivity index (χ1v) is 8.00. The highest BCUT2D eigenvalue weighted by atomic mass is 79.9. The van der Waals surface area contributed by atoms with Crippen LogP contribution < -0.4 is 4.90 Å². The molecule has 0 aliphatic carbocycles. The smallest absolute Gasteiger partial charge is 0.186 e. The zero-order valence-corrected chi connectivity index (χ0v) is 12.0. The van der Waals surface area contributed by atoms with Crippen molar-refractivity contribution >= 4 is 42.6 Å². The molecule has 1 aliphatic heterocycles. The third-order valence-corrected chi connectivity index (χ3v) is 5.15. The molecule has 0 amide bonds. The molecule has 3 rings (SSSR count). The van der Waals surface area contributed by atoms with Gasteiger partial charge in [0.15, 0.2) is 5.13 Å². The highest BCUT2D eigenvalue weighted by molar-refractivity contribution is 9.09. The molecule has 2 heterocycles. The number of piperidine rings is 1. The fourth-order valence-electron chi connectivity index (χ4n) is 2.40. The molecule has 0 radical (unpaired) electrons. The molecule has 1 aliphatic rings. The maximum absolute atomic E-state index is 4.76. The van der Waals surface area contributed by atoms with Gasteiger partial charge in [0.05, 0.1) is 10.2 Å². The molecule has 1 fully saturated rings. The predicted molar refractivity (Wildman–Crippen MR) is 78.4 cm³/mol. The van der Waals surface area contributed by atoms with Crippen LogP contribution in [0, 0.1) is 0 Å². The Hall–Kier alpha value is -0.610. The van der Waals surface area contributed by atoms with Crippen molar-refractivity contribution in [2.75, 3.05) is 16.8 Å². The minimum atomic E-state index is 0.615. The van der Waals surface area contributed by atoms with Crippen molar-refractivity contribution in [1.82, 2.24) is 4.98 Å². The minimum Gasteiger partial charge on any atom is -0.344 e. The third kappa shape index (κ3) is 2.20. The van der Waals surface area contributed by atoms with Gasteiger partial charge >= 0.3 is 0 Å². The van der Waals surface area contributed by atoms with Crippen LogP contribution in [0.15, 0.2) is 24.3 Å². The van der Waals surface area contributed by atoms with Crippen molar-refractivity contribution in [2.45, 2.75) is 25.3 Å². The molecule has 1 unspecified atom stereocenters. The van der Waals surface area contributed by atoms with E-state index in [0.29, 0.717) is 6.04 Å². The summed E-state index contributed by atoms with van der Waals surface area (Å²) < 4.78 is 1.29. The number of thiazole rings is 1. The normalized spacial score (nSPS) is 21.0. The van der Waals surface area contributed by atoms with Gasteiger partial charge in [-0.25, -0.2) is 4.98 Å². The van der Waals surface area contributed by atoms with Crippen LogP contribution in [0.4, 0.5) is 5.13 Å². The van der Waals surface area contributed by atoms with Gasteiger partial charge in [0.25, 0.3) is 0 Å². The number of benzene rings is 1. The van der Waals surface area contributed by atoms with Crippen molar-refractivity contribution < 1.29 is 0 Å². The van der Waals surface area contributed by atoms with Gasteiger partial charge in [-0.3, -0.25) is 0 Å². The van der Waals surface area contributed by atoms with Crippen molar-refractivity contribution in [3.8, 4) is 0 Å². The van der Waals surface area contributed by atoms with Gasteiger partial charge in [0, 0.05) is 17.9 Å². The number of hydrogen-bond acceptors (Lipinski definition) is 3. The molecule has 0 N–H and O–H groups in total. The molecule has 2 nitrogen and oxygen atoms in total. The van der Waals surface area contributed by atoms with Crippen LogP contribution in [0.2, 0.25) is 0 Å². The van der Waals surface area contributed by atoms with Crippen LogP contribution in [0.25, 0.3) is 10.2 Å². The lowest BCUT2D eigenvalue weighted by Crippen LogP contribution is -2.40. The Bertz CT molecular complexity index is 478. The molecule has 1 atom stereocenters. The summed E-state index contributed by atoms with van der Waals surface area (Å²) in [6, 6.07) is 9.02. The summed E-state index contributed by atoms with van der Waals surface area (Å²) >= 11 is 5.44. The van der Waals surface area contributed by atoms with Crippen molar-refractivity contribution in [1.29, 1.82) is 0 Å². The second-order valence-electron chi connectivity index (χ2n) is 4.46. The second kappa shape index (κ2) is 4.94. The first kappa shape index (κ1) is 11.5. The van der Waals surface area contributed by atoms with Gasteiger partial charge in [-0.05, 0) is 31.4 Å². The van der Waals surface area contributed by atoms with Gasteiger partial charge in [-0.2, -0.15) is 0 Å². The monoisotopic (exact) mass is 310 g/mol.